The zero-order chi connectivity index (χ0) is 18.3. The van der Waals surface area contributed by atoms with Crippen LogP contribution in [-0.4, -0.2) is 34.8 Å². The van der Waals surface area contributed by atoms with E-state index in [4.69, 9.17) is 4.42 Å². The van der Waals surface area contributed by atoms with E-state index < -0.39 is 17.5 Å². The highest BCUT2D eigenvalue weighted by Gasteiger charge is 2.52. The van der Waals surface area contributed by atoms with E-state index in [2.05, 4.69) is 10.6 Å². The molecule has 1 aromatic carbocycles. The molecule has 2 fully saturated rings. The van der Waals surface area contributed by atoms with Crippen molar-refractivity contribution < 1.29 is 18.8 Å². The summed E-state index contributed by atoms with van der Waals surface area (Å²) in [5.74, 6) is -0.0490. The maximum atomic E-state index is 12.6. The monoisotopic (exact) mass is 355 g/mol. The molecule has 0 bridgehead atoms. The lowest BCUT2D eigenvalue weighted by molar-refractivity contribution is -0.135. The summed E-state index contributed by atoms with van der Waals surface area (Å²) in [4.78, 5) is 38.1. The van der Waals surface area contributed by atoms with Crippen LogP contribution in [0.5, 0.6) is 0 Å². The van der Waals surface area contributed by atoms with Crippen molar-refractivity contribution in [3.63, 3.8) is 0 Å². The third-order valence-corrected chi connectivity index (χ3v) is 5.25. The van der Waals surface area contributed by atoms with Crippen molar-refractivity contribution in [1.29, 1.82) is 0 Å². The topological polar surface area (TPSA) is 91.7 Å². The van der Waals surface area contributed by atoms with E-state index in [0.717, 1.165) is 28.7 Å². The van der Waals surface area contributed by atoms with Crippen molar-refractivity contribution in [2.24, 2.45) is 0 Å². The quantitative estimate of drug-likeness (QED) is 0.824. The lowest BCUT2D eigenvalue weighted by atomic mass is 9.98. The molecular weight excluding hydrogens is 334 g/mol. The fourth-order valence-electron chi connectivity index (χ4n) is 3.85. The number of para-hydroxylation sites is 1. The van der Waals surface area contributed by atoms with E-state index in [1.807, 2.05) is 30.3 Å². The fraction of sp³-hybridized carbons (Fsp3) is 0.421. The number of hydrogen-bond donors (Lipinski definition) is 2. The number of rotatable bonds is 4. The van der Waals surface area contributed by atoms with Crippen molar-refractivity contribution in [1.82, 2.24) is 15.5 Å². The average molecular weight is 355 g/mol. The van der Waals surface area contributed by atoms with E-state index in [-0.39, 0.29) is 18.5 Å². The minimum atomic E-state index is -0.790. The van der Waals surface area contributed by atoms with Gasteiger partial charge in [-0.05, 0) is 31.9 Å². The summed E-state index contributed by atoms with van der Waals surface area (Å²) in [6.45, 7) is 1.52. The second-order valence-electron chi connectivity index (χ2n) is 7.09. The Bertz CT molecular complexity index is 849. The van der Waals surface area contributed by atoms with Crippen LogP contribution in [0.15, 0.2) is 34.7 Å². The fourth-order valence-corrected chi connectivity index (χ4v) is 3.85. The second-order valence-corrected chi connectivity index (χ2v) is 7.09. The number of amides is 4. The Morgan fingerprint density at radius 2 is 2.04 bits per heavy atom. The van der Waals surface area contributed by atoms with Crippen LogP contribution in [-0.2, 0) is 9.59 Å². The maximum absolute atomic E-state index is 12.6. The van der Waals surface area contributed by atoms with Gasteiger partial charge in [0.05, 0.1) is 6.04 Å². The van der Waals surface area contributed by atoms with Gasteiger partial charge in [-0.1, -0.05) is 31.0 Å². The van der Waals surface area contributed by atoms with Crippen LogP contribution < -0.4 is 10.6 Å². The number of urea groups is 1. The molecule has 4 amide bonds. The molecule has 2 aliphatic rings. The highest BCUT2D eigenvalue weighted by Crippen LogP contribution is 2.35. The number of furan rings is 1. The summed E-state index contributed by atoms with van der Waals surface area (Å²) in [5, 5.41) is 6.53. The first-order valence-electron chi connectivity index (χ1n) is 8.90. The van der Waals surface area contributed by atoms with E-state index in [1.165, 1.54) is 0 Å². The number of carbonyl (C=O) groups excluding carboxylic acids is 3. The van der Waals surface area contributed by atoms with Gasteiger partial charge in [0.2, 0.25) is 5.91 Å². The number of carbonyl (C=O) groups is 3. The number of imide groups is 1. The van der Waals surface area contributed by atoms with Crippen LogP contribution in [0.3, 0.4) is 0 Å². The highest BCUT2D eigenvalue weighted by molar-refractivity contribution is 6.09. The number of nitrogens with zero attached hydrogens (tertiary/aromatic N) is 1. The summed E-state index contributed by atoms with van der Waals surface area (Å²) in [5.41, 5.74) is -0.0392. The van der Waals surface area contributed by atoms with Gasteiger partial charge in [0, 0.05) is 5.39 Å². The molecule has 0 radical (unpaired) electrons. The molecule has 136 valence electrons. The van der Waals surface area contributed by atoms with Crippen LogP contribution in [0, 0.1) is 0 Å². The van der Waals surface area contributed by atoms with Crippen molar-refractivity contribution >= 4 is 28.8 Å². The Morgan fingerprint density at radius 1 is 1.31 bits per heavy atom. The van der Waals surface area contributed by atoms with Gasteiger partial charge >= 0.3 is 6.03 Å². The molecule has 7 heteroatoms. The Labute approximate surface area is 150 Å². The van der Waals surface area contributed by atoms with Gasteiger partial charge in [0.1, 0.15) is 23.4 Å². The van der Waals surface area contributed by atoms with Crippen LogP contribution >= 0.6 is 0 Å². The second kappa shape index (κ2) is 6.16. The average Bonchev–Trinajstić information content (AvgIpc) is 3.30. The summed E-state index contributed by atoms with van der Waals surface area (Å²) in [6.07, 6.45) is 3.11. The first-order chi connectivity index (χ1) is 12.5. The molecule has 1 aliphatic heterocycles. The Balaban J connectivity index is 1.42. The van der Waals surface area contributed by atoms with Gasteiger partial charge in [0.25, 0.3) is 5.91 Å². The Morgan fingerprint density at radius 3 is 2.77 bits per heavy atom. The molecule has 2 heterocycles. The molecule has 26 heavy (non-hydrogen) atoms. The zero-order valence-electron chi connectivity index (χ0n) is 14.6. The van der Waals surface area contributed by atoms with Gasteiger partial charge in [-0.25, -0.2) is 4.79 Å². The highest BCUT2D eigenvalue weighted by atomic mass is 16.3. The van der Waals surface area contributed by atoms with Gasteiger partial charge in [-0.3, -0.25) is 14.5 Å². The predicted molar refractivity (Wildman–Crippen MR) is 94.2 cm³/mol. The first kappa shape index (κ1) is 16.6. The molecule has 7 nitrogen and oxygen atoms in total. The predicted octanol–water partition coefficient (Wildman–Crippen LogP) is 2.47. The van der Waals surface area contributed by atoms with Crippen LogP contribution in [0.25, 0.3) is 11.0 Å². The first-order valence-corrected chi connectivity index (χ1v) is 8.90. The Kier molecular flexibility index (Phi) is 3.94. The smallest absolute Gasteiger partial charge is 0.325 e. The summed E-state index contributed by atoms with van der Waals surface area (Å²) < 4.78 is 5.74. The summed E-state index contributed by atoms with van der Waals surface area (Å²) >= 11 is 0. The van der Waals surface area contributed by atoms with Crippen LogP contribution in [0.4, 0.5) is 4.79 Å². The summed E-state index contributed by atoms with van der Waals surface area (Å²) in [7, 11) is 0. The molecule has 1 atom stereocenters. The van der Waals surface area contributed by atoms with Crippen molar-refractivity contribution in [3.05, 3.63) is 36.1 Å². The van der Waals surface area contributed by atoms with Crippen molar-refractivity contribution in [2.45, 2.75) is 44.2 Å². The molecule has 0 unspecified atom stereocenters. The van der Waals surface area contributed by atoms with E-state index in [1.54, 1.807) is 6.92 Å². The molecule has 2 N–H and O–H groups in total. The Hall–Kier alpha value is -2.83. The molecule has 1 saturated carbocycles. The van der Waals surface area contributed by atoms with Gasteiger partial charge in [-0.15, -0.1) is 0 Å². The molecule has 1 spiro atoms. The molecule has 1 saturated heterocycles. The lowest BCUT2D eigenvalue weighted by Gasteiger charge is -2.20. The van der Waals surface area contributed by atoms with Gasteiger partial charge < -0.3 is 15.1 Å². The van der Waals surface area contributed by atoms with Crippen molar-refractivity contribution in [3.8, 4) is 0 Å². The van der Waals surface area contributed by atoms with Crippen LogP contribution in [0.2, 0.25) is 0 Å². The molecule has 2 aromatic rings. The number of hydrogen-bond acceptors (Lipinski definition) is 4. The van der Waals surface area contributed by atoms with E-state index >= 15 is 0 Å². The molecule has 1 aromatic heterocycles. The van der Waals surface area contributed by atoms with Crippen LogP contribution in [0.1, 0.15) is 44.4 Å². The standard InChI is InChI=1S/C19H21N3O4/c1-12(15-10-13-6-2-3-7-14(13)26-15)20-16(23)11-22-17(24)19(21-18(22)25)8-4-5-9-19/h2-3,6-7,10,12H,4-5,8-9,11H2,1H3,(H,20,23)(H,21,25)/t12-/m1/s1. The molecule has 1 aliphatic carbocycles. The molecule has 4 rings (SSSR count). The summed E-state index contributed by atoms with van der Waals surface area (Å²) in [6, 6.07) is 8.63. The maximum Gasteiger partial charge on any atom is 0.325 e. The number of benzene rings is 1. The van der Waals surface area contributed by atoms with E-state index in [9.17, 15) is 14.4 Å². The van der Waals surface area contributed by atoms with Gasteiger partial charge in [-0.2, -0.15) is 0 Å². The SMILES string of the molecule is C[C@@H](NC(=O)CN1C(=O)NC2(CCCC2)C1=O)c1cc2ccccc2o1. The normalized spacial score (nSPS) is 20.0. The zero-order valence-corrected chi connectivity index (χ0v) is 14.6. The largest absolute Gasteiger partial charge is 0.459 e. The minimum Gasteiger partial charge on any atom is -0.459 e. The minimum absolute atomic E-state index is 0.281. The number of nitrogens with one attached hydrogen (secondary N) is 2. The third kappa shape index (κ3) is 2.73. The van der Waals surface area contributed by atoms with E-state index in [0.29, 0.717) is 18.6 Å². The van der Waals surface area contributed by atoms with Gasteiger partial charge in [0.15, 0.2) is 0 Å². The lowest BCUT2D eigenvalue weighted by Crippen LogP contribution is -2.45. The van der Waals surface area contributed by atoms with Crippen molar-refractivity contribution in [2.75, 3.05) is 6.54 Å². The number of fused-ring (bicyclic) bond motifs is 1. The molecular formula is C19H21N3O4. The third-order valence-electron chi connectivity index (χ3n) is 5.25.